The fourth-order valence-corrected chi connectivity index (χ4v) is 9.89. The molecule has 4 atom stereocenters. The summed E-state index contributed by atoms with van der Waals surface area (Å²) in [4.78, 5) is 23.6. The van der Waals surface area contributed by atoms with Gasteiger partial charge in [-0.1, -0.05) is 12.1 Å². The van der Waals surface area contributed by atoms with Gasteiger partial charge in [0.25, 0.3) is 5.92 Å². The predicted molar refractivity (Wildman–Crippen MR) is 225 cm³/mol. The Kier molecular flexibility index (Phi) is 13.0. The largest absolute Gasteiger partial charge is 0.446 e. The first kappa shape index (κ1) is 42.9. The number of amides is 2. The second-order valence-corrected chi connectivity index (χ2v) is 19.4. The lowest BCUT2D eigenvalue weighted by atomic mass is 9.89. The highest BCUT2D eigenvalue weighted by Gasteiger charge is 2.34. The molecule has 0 saturated heterocycles. The van der Waals surface area contributed by atoms with Gasteiger partial charge in [-0.05, 0) is 126 Å². The van der Waals surface area contributed by atoms with E-state index in [0.717, 1.165) is 78.0 Å². The molecule has 6 N–H and O–H groups in total. The number of hydrogen-bond donors (Lipinski definition) is 6. The number of sulfone groups is 1. The molecule has 3 heterocycles. The smallest absolute Gasteiger partial charge is 0.407 e. The van der Waals surface area contributed by atoms with Crippen LogP contribution in [0.15, 0.2) is 48.5 Å². The van der Waals surface area contributed by atoms with E-state index in [2.05, 4.69) is 41.7 Å². The number of ether oxygens (including phenoxy) is 2. The van der Waals surface area contributed by atoms with Crippen LogP contribution in [0.4, 0.5) is 41.4 Å². The van der Waals surface area contributed by atoms with Gasteiger partial charge < -0.3 is 30.7 Å². The molecule has 2 aromatic heterocycles. The zero-order valence-corrected chi connectivity index (χ0v) is 35.4. The van der Waals surface area contributed by atoms with Crippen LogP contribution in [0.3, 0.4) is 0 Å². The standard InChI is InChI=1S/C22H28F2N4O2.C21H28N4O4S/c1-13(2)25-21(29)30-18-6-4-15(10-18)19-11-20(28-27-19)26-17-5-3-14-7-8-22(23,24)12-16(14)9-17;1-13(2)22-21(26)29-18-6-4-15(10-18)19-11-20(25-24-19)23-17-5-3-14-7-8-30(27,28)12-16(14)9-17/h3,5,9,11,13,15,18H,4,6-8,10,12H2,1-2H3,(H,25,29)(H2,26,27,28);3,5,9,11,13,15,18H,4,6-8,10,12H2,1-2H3,(H,22,26)(H2,23,24,25)/t15-,18?;15-,18+/m00/s1. The minimum Gasteiger partial charge on any atom is -0.446 e. The molecule has 2 fully saturated rings. The van der Waals surface area contributed by atoms with Gasteiger partial charge in [-0.3, -0.25) is 10.2 Å². The molecule has 2 saturated carbocycles. The molecular formula is C43H56F2N8O6S. The summed E-state index contributed by atoms with van der Waals surface area (Å²) in [5.41, 5.74) is 7.21. The summed E-state index contributed by atoms with van der Waals surface area (Å²) in [5.74, 6) is -0.470. The lowest BCUT2D eigenvalue weighted by Crippen LogP contribution is -2.33. The molecule has 2 amide bonds. The van der Waals surface area contributed by atoms with Crippen LogP contribution in [0.5, 0.6) is 0 Å². The number of aromatic amines is 2. The van der Waals surface area contributed by atoms with Crippen molar-refractivity contribution in [3.05, 3.63) is 82.2 Å². The van der Waals surface area contributed by atoms with Crippen LogP contribution >= 0.6 is 0 Å². The molecule has 0 bridgehead atoms. The Bertz CT molecular complexity index is 2260. The monoisotopic (exact) mass is 850 g/mol. The summed E-state index contributed by atoms with van der Waals surface area (Å²) in [7, 11) is -3.00. The average Bonchev–Trinajstić information content (AvgIpc) is 3.99. The number of halogens is 2. The number of nitrogens with one attached hydrogen (secondary N) is 6. The van der Waals surface area contributed by atoms with Gasteiger partial charge in [-0.15, -0.1) is 0 Å². The highest BCUT2D eigenvalue weighted by molar-refractivity contribution is 7.90. The number of aromatic nitrogens is 4. The molecule has 4 aromatic rings. The lowest BCUT2D eigenvalue weighted by Gasteiger charge is -2.24. The second kappa shape index (κ2) is 18.2. The third-order valence-electron chi connectivity index (χ3n) is 11.4. The van der Waals surface area contributed by atoms with Crippen molar-refractivity contribution in [2.45, 2.75) is 140 Å². The number of rotatable bonds is 10. The van der Waals surface area contributed by atoms with Gasteiger partial charge in [0.1, 0.15) is 12.2 Å². The van der Waals surface area contributed by atoms with Gasteiger partial charge in [0, 0.05) is 71.7 Å². The summed E-state index contributed by atoms with van der Waals surface area (Å²) in [6.07, 6.45) is 4.77. The van der Waals surface area contributed by atoms with Crippen LogP contribution in [0.25, 0.3) is 0 Å². The van der Waals surface area contributed by atoms with Crippen molar-refractivity contribution in [1.82, 2.24) is 31.0 Å². The summed E-state index contributed by atoms with van der Waals surface area (Å²) in [5, 5.41) is 26.8. The van der Waals surface area contributed by atoms with E-state index in [0.29, 0.717) is 30.0 Å². The number of hydrogen-bond acceptors (Lipinski definition) is 10. The van der Waals surface area contributed by atoms with Crippen molar-refractivity contribution < 1.29 is 36.3 Å². The number of benzene rings is 2. The Morgan fingerprint density at radius 3 is 1.73 bits per heavy atom. The molecule has 2 aromatic carbocycles. The second-order valence-electron chi connectivity index (χ2n) is 17.2. The lowest BCUT2D eigenvalue weighted by molar-refractivity contribution is -0.0122. The van der Waals surface area contributed by atoms with Crippen molar-refractivity contribution in [2.75, 3.05) is 16.4 Å². The molecule has 8 rings (SSSR count). The summed E-state index contributed by atoms with van der Waals surface area (Å²) in [6, 6.07) is 15.5. The fourth-order valence-electron chi connectivity index (χ4n) is 8.47. The van der Waals surface area contributed by atoms with Crippen LogP contribution in [-0.4, -0.2) is 77.0 Å². The Hall–Kier alpha value is -5.19. The predicted octanol–water partition coefficient (Wildman–Crippen LogP) is 8.44. The molecule has 14 nitrogen and oxygen atoms in total. The van der Waals surface area contributed by atoms with Crippen molar-refractivity contribution in [2.24, 2.45) is 0 Å². The number of aryl methyl sites for hydroxylation is 2. The topological polar surface area (TPSA) is 192 Å². The maximum Gasteiger partial charge on any atom is 0.407 e. The van der Waals surface area contributed by atoms with Gasteiger partial charge in [0.2, 0.25) is 0 Å². The minimum absolute atomic E-state index is 0.0470. The third kappa shape index (κ3) is 11.5. The number of nitrogens with zero attached hydrogens (tertiary/aromatic N) is 2. The van der Waals surface area contributed by atoms with Crippen molar-refractivity contribution in [1.29, 1.82) is 0 Å². The number of alkyl halides is 2. The maximum atomic E-state index is 13.7. The highest BCUT2D eigenvalue weighted by Crippen LogP contribution is 2.38. The highest BCUT2D eigenvalue weighted by atomic mass is 32.2. The third-order valence-corrected chi connectivity index (χ3v) is 13.0. The molecule has 324 valence electrons. The summed E-state index contributed by atoms with van der Waals surface area (Å²) in [6.45, 7) is 7.59. The van der Waals surface area contributed by atoms with E-state index in [1.165, 1.54) is 0 Å². The average molecular weight is 851 g/mol. The van der Waals surface area contributed by atoms with Crippen molar-refractivity contribution in [3.63, 3.8) is 0 Å². The molecule has 0 radical (unpaired) electrons. The molecular weight excluding hydrogens is 795 g/mol. The maximum absolute atomic E-state index is 13.7. The van der Waals surface area contributed by atoms with Crippen molar-refractivity contribution >= 4 is 45.0 Å². The minimum atomic E-state index is -3.00. The van der Waals surface area contributed by atoms with Crippen molar-refractivity contribution in [3.8, 4) is 0 Å². The zero-order valence-electron chi connectivity index (χ0n) is 34.6. The van der Waals surface area contributed by atoms with E-state index in [4.69, 9.17) is 9.47 Å². The molecule has 1 aliphatic heterocycles. The number of fused-ring (bicyclic) bond motifs is 2. The number of carbonyl (C=O) groups is 2. The molecule has 0 spiro atoms. The Labute approximate surface area is 349 Å². The number of H-pyrrole nitrogens is 2. The van der Waals surface area contributed by atoms with Gasteiger partial charge >= 0.3 is 12.2 Å². The van der Waals surface area contributed by atoms with E-state index in [1.807, 2.05) is 70.2 Å². The first-order valence-corrected chi connectivity index (χ1v) is 22.8. The Morgan fingerprint density at radius 2 is 1.22 bits per heavy atom. The zero-order chi connectivity index (χ0) is 42.6. The van der Waals surface area contributed by atoms with E-state index in [-0.39, 0.29) is 72.7 Å². The quantitative estimate of drug-likeness (QED) is 0.0903. The van der Waals surface area contributed by atoms with E-state index >= 15 is 0 Å². The Morgan fingerprint density at radius 1 is 0.717 bits per heavy atom. The van der Waals surface area contributed by atoms with Crippen LogP contribution in [-0.2, 0) is 44.3 Å². The van der Waals surface area contributed by atoms with Crippen LogP contribution in [0.1, 0.15) is 118 Å². The van der Waals surface area contributed by atoms with E-state index in [1.54, 1.807) is 6.07 Å². The van der Waals surface area contributed by atoms with Crippen LogP contribution < -0.4 is 21.3 Å². The fraction of sp³-hybridized carbons (Fsp3) is 0.535. The first-order valence-electron chi connectivity index (χ1n) is 21.0. The summed E-state index contributed by atoms with van der Waals surface area (Å²) >= 11 is 0. The van der Waals surface area contributed by atoms with Gasteiger partial charge in [0.05, 0.1) is 11.5 Å². The number of carbonyl (C=O) groups excluding carboxylic acids is 2. The van der Waals surface area contributed by atoms with E-state index < -0.39 is 15.8 Å². The van der Waals surface area contributed by atoms with Crippen LogP contribution in [0, 0.1) is 0 Å². The molecule has 17 heteroatoms. The first-order chi connectivity index (χ1) is 28.5. The Balaban J connectivity index is 0.000000181. The number of anilines is 4. The van der Waals surface area contributed by atoms with E-state index in [9.17, 15) is 26.8 Å². The molecule has 4 aliphatic rings. The van der Waals surface area contributed by atoms with Gasteiger partial charge in [0.15, 0.2) is 21.5 Å². The molecule has 3 aliphatic carbocycles. The van der Waals surface area contributed by atoms with Gasteiger partial charge in [-0.2, -0.15) is 10.2 Å². The normalized spacial score (nSPS) is 22.5. The number of alkyl carbamates (subject to hydrolysis) is 2. The summed E-state index contributed by atoms with van der Waals surface area (Å²) < 4.78 is 62.2. The van der Waals surface area contributed by atoms with Gasteiger partial charge in [-0.25, -0.2) is 26.8 Å². The molecule has 1 unspecified atom stereocenters. The SMILES string of the molecule is CC(C)NC(=O)OC1CC[C@H](c2cc(Nc3ccc4c(c3)CC(F)(F)CC4)n[nH]2)C1.CC(C)NC(=O)O[C@@H]1CC[C@H](c2cc(Nc3ccc4c(c3)CS(=O)(=O)CC4)n[nH]2)C1. The molecule has 60 heavy (non-hydrogen) atoms. The van der Waals surface area contributed by atoms with Crippen LogP contribution in [0.2, 0.25) is 0 Å².